The number of hydrogen-bond acceptors (Lipinski definition) is 2. The van der Waals surface area contributed by atoms with Crippen LogP contribution < -0.4 is 0 Å². The SMILES string of the molecule is c1ccc(-n2nncc2C2CC2)cc1. The quantitative estimate of drug-likeness (QED) is 0.717. The molecule has 1 heterocycles. The highest BCUT2D eigenvalue weighted by Crippen LogP contribution is 2.40. The van der Waals surface area contributed by atoms with Crippen LogP contribution in [-0.2, 0) is 0 Å². The van der Waals surface area contributed by atoms with Gasteiger partial charge in [-0.05, 0) is 25.0 Å². The lowest BCUT2D eigenvalue weighted by Gasteiger charge is -2.03. The molecule has 70 valence electrons. The molecule has 2 aromatic rings. The zero-order valence-electron chi connectivity index (χ0n) is 7.80. The van der Waals surface area contributed by atoms with E-state index in [1.807, 2.05) is 29.1 Å². The molecule has 3 heteroatoms. The van der Waals surface area contributed by atoms with Gasteiger partial charge in [-0.15, -0.1) is 5.10 Å². The molecule has 0 amide bonds. The number of para-hydroxylation sites is 1. The Labute approximate surface area is 82.4 Å². The summed E-state index contributed by atoms with van der Waals surface area (Å²) in [7, 11) is 0. The Morgan fingerprint density at radius 3 is 2.64 bits per heavy atom. The molecule has 0 N–H and O–H groups in total. The van der Waals surface area contributed by atoms with Crippen molar-refractivity contribution in [3.05, 3.63) is 42.2 Å². The standard InChI is InChI=1S/C11H11N3/c1-2-4-10(5-3-1)14-11(8-12-13-14)9-6-7-9/h1-5,8-9H,6-7H2. The van der Waals surface area contributed by atoms with Crippen LogP contribution in [0.25, 0.3) is 5.69 Å². The van der Waals surface area contributed by atoms with Gasteiger partial charge in [0.15, 0.2) is 0 Å². The largest absolute Gasteiger partial charge is 0.217 e. The van der Waals surface area contributed by atoms with Crippen molar-refractivity contribution < 1.29 is 0 Å². The van der Waals surface area contributed by atoms with Crippen LogP contribution >= 0.6 is 0 Å². The molecule has 1 fully saturated rings. The van der Waals surface area contributed by atoms with Crippen LogP contribution in [0.2, 0.25) is 0 Å². The summed E-state index contributed by atoms with van der Waals surface area (Å²) in [5.74, 6) is 0.685. The van der Waals surface area contributed by atoms with Crippen LogP contribution in [0.1, 0.15) is 24.5 Å². The minimum atomic E-state index is 0.685. The molecule has 0 unspecified atom stereocenters. The summed E-state index contributed by atoms with van der Waals surface area (Å²) in [4.78, 5) is 0. The second-order valence-electron chi connectivity index (χ2n) is 3.68. The van der Waals surface area contributed by atoms with E-state index in [2.05, 4.69) is 22.4 Å². The smallest absolute Gasteiger partial charge is 0.0732 e. The third-order valence-corrected chi connectivity index (χ3v) is 2.57. The molecule has 0 radical (unpaired) electrons. The monoisotopic (exact) mass is 185 g/mol. The lowest BCUT2D eigenvalue weighted by molar-refractivity contribution is 0.764. The topological polar surface area (TPSA) is 30.7 Å². The van der Waals surface area contributed by atoms with Crippen LogP contribution in [0.3, 0.4) is 0 Å². The minimum Gasteiger partial charge on any atom is -0.217 e. The van der Waals surface area contributed by atoms with E-state index in [0.717, 1.165) is 5.69 Å². The van der Waals surface area contributed by atoms with Gasteiger partial charge in [0.05, 0.1) is 17.6 Å². The minimum absolute atomic E-state index is 0.685. The molecule has 1 aromatic heterocycles. The van der Waals surface area contributed by atoms with Gasteiger partial charge in [0.25, 0.3) is 0 Å². The van der Waals surface area contributed by atoms with Crippen LogP contribution in [0.5, 0.6) is 0 Å². The van der Waals surface area contributed by atoms with Gasteiger partial charge in [0.1, 0.15) is 0 Å². The fourth-order valence-electron chi connectivity index (χ4n) is 1.67. The number of benzene rings is 1. The first-order chi connectivity index (χ1) is 6.95. The fourth-order valence-corrected chi connectivity index (χ4v) is 1.67. The Morgan fingerprint density at radius 1 is 1.14 bits per heavy atom. The first-order valence-corrected chi connectivity index (χ1v) is 4.91. The van der Waals surface area contributed by atoms with Gasteiger partial charge in [0.2, 0.25) is 0 Å². The molecule has 3 rings (SSSR count). The van der Waals surface area contributed by atoms with Crippen LogP contribution in [-0.4, -0.2) is 15.0 Å². The third kappa shape index (κ3) is 1.21. The van der Waals surface area contributed by atoms with Gasteiger partial charge in [-0.1, -0.05) is 23.4 Å². The highest BCUT2D eigenvalue weighted by atomic mass is 15.4. The van der Waals surface area contributed by atoms with Crippen molar-refractivity contribution in [1.29, 1.82) is 0 Å². The highest BCUT2D eigenvalue weighted by Gasteiger charge is 2.27. The van der Waals surface area contributed by atoms with Crippen molar-refractivity contribution in [2.75, 3.05) is 0 Å². The second kappa shape index (κ2) is 2.94. The van der Waals surface area contributed by atoms with Gasteiger partial charge < -0.3 is 0 Å². The summed E-state index contributed by atoms with van der Waals surface area (Å²) < 4.78 is 1.94. The molecule has 0 atom stereocenters. The maximum Gasteiger partial charge on any atom is 0.0732 e. The van der Waals surface area contributed by atoms with Crippen LogP contribution in [0.15, 0.2) is 36.5 Å². The summed E-state index contributed by atoms with van der Waals surface area (Å²) in [5, 5.41) is 8.09. The molecule has 0 spiro atoms. The van der Waals surface area contributed by atoms with Gasteiger partial charge in [-0.2, -0.15) is 0 Å². The van der Waals surface area contributed by atoms with Crippen LogP contribution in [0.4, 0.5) is 0 Å². The normalized spacial score (nSPS) is 15.7. The average Bonchev–Trinajstić information content (AvgIpc) is 2.98. The first kappa shape index (κ1) is 7.74. The zero-order chi connectivity index (χ0) is 9.38. The van der Waals surface area contributed by atoms with E-state index in [0.29, 0.717) is 5.92 Å². The summed E-state index contributed by atoms with van der Waals surface area (Å²) >= 11 is 0. The van der Waals surface area contributed by atoms with Gasteiger partial charge in [-0.3, -0.25) is 0 Å². The summed E-state index contributed by atoms with van der Waals surface area (Å²) in [5.41, 5.74) is 2.35. The van der Waals surface area contributed by atoms with Gasteiger partial charge >= 0.3 is 0 Å². The molecule has 1 aromatic carbocycles. The molecule has 1 aliphatic carbocycles. The molecule has 1 aliphatic rings. The number of hydrogen-bond donors (Lipinski definition) is 0. The van der Waals surface area contributed by atoms with Crippen molar-refractivity contribution in [3.8, 4) is 5.69 Å². The summed E-state index contributed by atoms with van der Waals surface area (Å²) in [6.45, 7) is 0. The van der Waals surface area contributed by atoms with E-state index in [-0.39, 0.29) is 0 Å². The Morgan fingerprint density at radius 2 is 1.93 bits per heavy atom. The number of rotatable bonds is 2. The lowest BCUT2D eigenvalue weighted by atomic mass is 10.3. The maximum absolute atomic E-state index is 4.11. The molecule has 1 saturated carbocycles. The highest BCUT2D eigenvalue weighted by molar-refractivity contribution is 5.33. The Bertz CT molecular complexity index is 429. The lowest BCUT2D eigenvalue weighted by Crippen LogP contribution is -2.00. The van der Waals surface area contributed by atoms with Crippen molar-refractivity contribution in [1.82, 2.24) is 15.0 Å². The molecule has 0 saturated heterocycles. The number of nitrogens with zero attached hydrogens (tertiary/aromatic N) is 3. The van der Waals surface area contributed by atoms with E-state index in [1.54, 1.807) is 0 Å². The van der Waals surface area contributed by atoms with Gasteiger partial charge in [0, 0.05) is 5.92 Å². The van der Waals surface area contributed by atoms with E-state index < -0.39 is 0 Å². The second-order valence-corrected chi connectivity index (χ2v) is 3.68. The summed E-state index contributed by atoms with van der Waals surface area (Å²) in [6, 6.07) is 10.2. The molecular formula is C11H11N3. The average molecular weight is 185 g/mol. The first-order valence-electron chi connectivity index (χ1n) is 4.91. The summed E-state index contributed by atoms with van der Waals surface area (Å²) in [6.07, 6.45) is 4.44. The molecule has 0 aliphatic heterocycles. The van der Waals surface area contributed by atoms with E-state index in [4.69, 9.17) is 0 Å². The predicted molar refractivity (Wildman–Crippen MR) is 53.3 cm³/mol. The maximum atomic E-state index is 4.11. The number of aromatic nitrogens is 3. The Balaban J connectivity index is 2.07. The molecule has 0 bridgehead atoms. The van der Waals surface area contributed by atoms with Crippen LogP contribution in [0, 0.1) is 0 Å². The third-order valence-electron chi connectivity index (χ3n) is 2.57. The molecular weight excluding hydrogens is 174 g/mol. The van der Waals surface area contributed by atoms with E-state index in [9.17, 15) is 0 Å². The Kier molecular flexibility index (Phi) is 1.63. The van der Waals surface area contributed by atoms with Gasteiger partial charge in [-0.25, -0.2) is 4.68 Å². The zero-order valence-corrected chi connectivity index (χ0v) is 7.80. The molecule has 14 heavy (non-hydrogen) atoms. The van der Waals surface area contributed by atoms with Crippen molar-refractivity contribution >= 4 is 0 Å². The van der Waals surface area contributed by atoms with E-state index >= 15 is 0 Å². The predicted octanol–water partition coefficient (Wildman–Crippen LogP) is 2.14. The fraction of sp³-hybridized carbons (Fsp3) is 0.273. The van der Waals surface area contributed by atoms with E-state index in [1.165, 1.54) is 18.5 Å². The van der Waals surface area contributed by atoms with Crippen molar-refractivity contribution in [2.45, 2.75) is 18.8 Å². The Hall–Kier alpha value is -1.64. The molecule has 3 nitrogen and oxygen atoms in total. The van der Waals surface area contributed by atoms with Crippen molar-refractivity contribution in [3.63, 3.8) is 0 Å². The van der Waals surface area contributed by atoms with Crippen molar-refractivity contribution in [2.24, 2.45) is 0 Å².